The fourth-order valence-corrected chi connectivity index (χ4v) is 4.21. The van der Waals surface area contributed by atoms with Crippen LogP contribution >= 0.6 is 0 Å². The van der Waals surface area contributed by atoms with E-state index in [0.29, 0.717) is 6.10 Å². The zero-order chi connectivity index (χ0) is 15.4. The van der Waals surface area contributed by atoms with Gasteiger partial charge in [-0.2, -0.15) is 0 Å². The second-order valence-corrected chi connectivity index (χ2v) is 7.86. The molecular formula is C21H32O. The third-order valence-electron chi connectivity index (χ3n) is 5.95. The summed E-state index contributed by atoms with van der Waals surface area (Å²) in [6, 6.07) is 9.02. The van der Waals surface area contributed by atoms with Crippen LogP contribution < -0.4 is 0 Å². The van der Waals surface area contributed by atoms with Gasteiger partial charge in [-0.1, -0.05) is 49.6 Å². The molecule has 2 aliphatic rings. The van der Waals surface area contributed by atoms with Gasteiger partial charge in [-0.05, 0) is 68.8 Å². The third-order valence-corrected chi connectivity index (χ3v) is 5.95. The van der Waals surface area contributed by atoms with Gasteiger partial charge >= 0.3 is 0 Å². The summed E-state index contributed by atoms with van der Waals surface area (Å²) in [6.45, 7) is 5.56. The number of hydrogen-bond acceptors (Lipinski definition) is 1. The summed E-state index contributed by atoms with van der Waals surface area (Å²) in [5, 5.41) is 0. The largest absolute Gasteiger partial charge is 0.378 e. The SMILES string of the molecule is Cc1ccc(CCC2CCC(C3CCC(C)CC3)OC2)cc1. The highest BCUT2D eigenvalue weighted by Crippen LogP contribution is 2.36. The molecule has 2 atom stereocenters. The molecule has 1 aliphatic heterocycles. The smallest absolute Gasteiger partial charge is 0.0603 e. The molecule has 0 radical (unpaired) electrons. The average molecular weight is 300 g/mol. The van der Waals surface area contributed by atoms with Crippen LogP contribution in [0.2, 0.25) is 0 Å². The molecule has 1 aliphatic carbocycles. The van der Waals surface area contributed by atoms with Crippen molar-refractivity contribution in [2.45, 2.75) is 71.3 Å². The highest BCUT2D eigenvalue weighted by Gasteiger charge is 2.30. The first-order chi connectivity index (χ1) is 10.7. The van der Waals surface area contributed by atoms with E-state index in [2.05, 4.69) is 38.1 Å². The predicted octanol–water partition coefficient (Wildman–Crippen LogP) is 5.55. The Bertz CT molecular complexity index is 433. The minimum Gasteiger partial charge on any atom is -0.378 e. The first-order valence-corrected chi connectivity index (χ1v) is 9.38. The molecule has 1 aromatic carbocycles. The van der Waals surface area contributed by atoms with Crippen LogP contribution in [0.1, 0.15) is 63.0 Å². The number of hydrogen-bond donors (Lipinski definition) is 0. The van der Waals surface area contributed by atoms with E-state index in [0.717, 1.165) is 24.4 Å². The molecule has 0 amide bonds. The molecule has 0 aromatic heterocycles. The Labute approximate surface area is 136 Å². The van der Waals surface area contributed by atoms with E-state index in [1.165, 1.54) is 62.5 Å². The van der Waals surface area contributed by atoms with Crippen molar-refractivity contribution >= 4 is 0 Å². The Morgan fingerprint density at radius 2 is 1.68 bits per heavy atom. The van der Waals surface area contributed by atoms with Crippen LogP contribution in [0.15, 0.2) is 24.3 Å². The van der Waals surface area contributed by atoms with E-state index in [1.807, 2.05) is 0 Å². The fourth-order valence-electron chi connectivity index (χ4n) is 4.21. The molecule has 0 bridgehead atoms. The van der Waals surface area contributed by atoms with Gasteiger partial charge in [0, 0.05) is 6.61 Å². The average Bonchev–Trinajstić information content (AvgIpc) is 2.56. The Balaban J connectivity index is 1.39. The minimum atomic E-state index is 0.572. The lowest BCUT2D eigenvalue weighted by molar-refractivity contribution is -0.0587. The standard InChI is InChI=1S/C21H32O/c1-16-3-7-18(8-4-16)9-10-19-11-14-21(22-15-19)20-12-5-17(2)6-13-20/h3-4,7-8,17,19-21H,5-6,9-15H2,1-2H3. The van der Waals surface area contributed by atoms with Crippen molar-refractivity contribution in [3.63, 3.8) is 0 Å². The number of benzene rings is 1. The van der Waals surface area contributed by atoms with Crippen molar-refractivity contribution < 1.29 is 4.74 Å². The maximum Gasteiger partial charge on any atom is 0.0603 e. The van der Waals surface area contributed by atoms with Crippen LogP contribution in [-0.4, -0.2) is 12.7 Å². The first-order valence-electron chi connectivity index (χ1n) is 9.38. The van der Waals surface area contributed by atoms with E-state index in [4.69, 9.17) is 4.74 Å². The lowest BCUT2D eigenvalue weighted by Gasteiger charge is -2.37. The molecule has 0 spiro atoms. The molecular weight excluding hydrogens is 268 g/mol. The summed E-state index contributed by atoms with van der Waals surface area (Å²) in [7, 11) is 0. The Morgan fingerprint density at radius 3 is 2.32 bits per heavy atom. The summed E-state index contributed by atoms with van der Waals surface area (Å²) in [4.78, 5) is 0. The lowest BCUT2D eigenvalue weighted by atomic mass is 9.77. The van der Waals surface area contributed by atoms with Crippen LogP contribution in [0.3, 0.4) is 0 Å². The van der Waals surface area contributed by atoms with Gasteiger partial charge in [-0.3, -0.25) is 0 Å². The van der Waals surface area contributed by atoms with Gasteiger partial charge in [0.25, 0.3) is 0 Å². The Morgan fingerprint density at radius 1 is 0.955 bits per heavy atom. The molecule has 1 saturated carbocycles. The lowest BCUT2D eigenvalue weighted by Crippen LogP contribution is -2.34. The van der Waals surface area contributed by atoms with Gasteiger partial charge in [0.2, 0.25) is 0 Å². The van der Waals surface area contributed by atoms with Crippen molar-refractivity contribution in [3.05, 3.63) is 35.4 Å². The molecule has 1 heteroatoms. The molecule has 122 valence electrons. The van der Waals surface area contributed by atoms with E-state index in [9.17, 15) is 0 Å². The number of rotatable bonds is 4. The van der Waals surface area contributed by atoms with Crippen molar-refractivity contribution in [1.29, 1.82) is 0 Å². The summed E-state index contributed by atoms with van der Waals surface area (Å²) < 4.78 is 6.27. The van der Waals surface area contributed by atoms with Gasteiger partial charge in [0.05, 0.1) is 6.10 Å². The van der Waals surface area contributed by atoms with Crippen LogP contribution in [0.25, 0.3) is 0 Å². The van der Waals surface area contributed by atoms with E-state index in [1.54, 1.807) is 0 Å². The Hall–Kier alpha value is -0.820. The van der Waals surface area contributed by atoms with Crippen LogP contribution in [0, 0.1) is 24.7 Å². The quantitative estimate of drug-likeness (QED) is 0.708. The number of aryl methyl sites for hydroxylation is 2. The van der Waals surface area contributed by atoms with Crippen molar-refractivity contribution in [3.8, 4) is 0 Å². The van der Waals surface area contributed by atoms with Crippen LogP contribution in [-0.2, 0) is 11.2 Å². The number of ether oxygens (including phenoxy) is 1. The van der Waals surface area contributed by atoms with Crippen molar-refractivity contribution in [2.24, 2.45) is 17.8 Å². The molecule has 1 heterocycles. The van der Waals surface area contributed by atoms with Crippen LogP contribution in [0.5, 0.6) is 0 Å². The molecule has 1 aromatic rings. The van der Waals surface area contributed by atoms with E-state index >= 15 is 0 Å². The van der Waals surface area contributed by atoms with Gasteiger partial charge in [0.1, 0.15) is 0 Å². The predicted molar refractivity (Wildman–Crippen MR) is 93.1 cm³/mol. The Kier molecular flexibility index (Phi) is 5.57. The van der Waals surface area contributed by atoms with Crippen molar-refractivity contribution in [1.82, 2.24) is 0 Å². The first kappa shape index (κ1) is 16.1. The van der Waals surface area contributed by atoms with Gasteiger partial charge in [-0.15, -0.1) is 0 Å². The summed E-state index contributed by atoms with van der Waals surface area (Å²) in [6.07, 6.45) is 11.4. The summed E-state index contributed by atoms with van der Waals surface area (Å²) in [5.41, 5.74) is 2.84. The molecule has 2 unspecified atom stereocenters. The van der Waals surface area contributed by atoms with Gasteiger partial charge < -0.3 is 4.74 Å². The molecule has 22 heavy (non-hydrogen) atoms. The maximum atomic E-state index is 6.27. The maximum absolute atomic E-state index is 6.27. The highest BCUT2D eigenvalue weighted by molar-refractivity contribution is 5.21. The topological polar surface area (TPSA) is 9.23 Å². The van der Waals surface area contributed by atoms with Crippen LogP contribution in [0.4, 0.5) is 0 Å². The van der Waals surface area contributed by atoms with Gasteiger partial charge in [-0.25, -0.2) is 0 Å². The molecule has 1 nitrogen and oxygen atoms in total. The van der Waals surface area contributed by atoms with E-state index in [-0.39, 0.29) is 0 Å². The van der Waals surface area contributed by atoms with Crippen molar-refractivity contribution in [2.75, 3.05) is 6.61 Å². The molecule has 1 saturated heterocycles. The monoisotopic (exact) mass is 300 g/mol. The molecule has 0 N–H and O–H groups in total. The zero-order valence-electron chi connectivity index (χ0n) is 14.4. The normalized spacial score (nSPS) is 32.8. The highest BCUT2D eigenvalue weighted by atomic mass is 16.5. The summed E-state index contributed by atoms with van der Waals surface area (Å²) >= 11 is 0. The second-order valence-electron chi connectivity index (χ2n) is 7.86. The molecule has 3 rings (SSSR count). The third kappa shape index (κ3) is 4.35. The second kappa shape index (κ2) is 7.64. The minimum absolute atomic E-state index is 0.572. The zero-order valence-corrected chi connectivity index (χ0v) is 14.4. The van der Waals surface area contributed by atoms with E-state index < -0.39 is 0 Å². The summed E-state index contributed by atoms with van der Waals surface area (Å²) in [5.74, 6) is 2.58. The van der Waals surface area contributed by atoms with Gasteiger partial charge in [0.15, 0.2) is 0 Å². The fraction of sp³-hybridized carbons (Fsp3) is 0.714. The molecule has 2 fully saturated rings.